The second kappa shape index (κ2) is 8.66. The third-order valence-electron chi connectivity index (χ3n) is 3.26. The Balaban J connectivity index is 1.76. The van der Waals surface area contributed by atoms with Crippen molar-refractivity contribution in [2.75, 3.05) is 13.1 Å². The number of hydrogen-bond donors (Lipinski definition) is 2. The topological polar surface area (TPSA) is 58.2 Å². The van der Waals surface area contributed by atoms with E-state index in [9.17, 15) is 22.8 Å². The van der Waals surface area contributed by atoms with Crippen molar-refractivity contribution in [3.8, 4) is 0 Å². The van der Waals surface area contributed by atoms with Crippen LogP contribution in [0.1, 0.15) is 27.1 Å². The highest BCUT2D eigenvalue weighted by Crippen LogP contribution is 2.13. The summed E-state index contributed by atoms with van der Waals surface area (Å²) in [5, 5.41) is 5.13. The normalized spacial score (nSPS) is 10.4. The molecule has 0 saturated carbocycles. The van der Waals surface area contributed by atoms with E-state index in [1.54, 1.807) is 24.3 Å². The summed E-state index contributed by atoms with van der Waals surface area (Å²) in [6.07, 6.45) is 0.414. The van der Waals surface area contributed by atoms with E-state index in [0.29, 0.717) is 30.7 Å². The minimum atomic E-state index is -1.62. The molecule has 2 rings (SSSR count). The Hall–Kier alpha value is -2.35. The summed E-state index contributed by atoms with van der Waals surface area (Å²) < 4.78 is 39.8. The summed E-state index contributed by atoms with van der Waals surface area (Å²) >= 11 is 3.27. The van der Waals surface area contributed by atoms with Crippen molar-refractivity contribution in [3.05, 3.63) is 69.4 Å². The fourth-order valence-corrected chi connectivity index (χ4v) is 2.41. The van der Waals surface area contributed by atoms with Gasteiger partial charge in [0.2, 0.25) is 0 Å². The molecule has 0 spiro atoms. The van der Waals surface area contributed by atoms with Crippen molar-refractivity contribution in [1.82, 2.24) is 10.6 Å². The third-order valence-corrected chi connectivity index (χ3v) is 3.75. The van der Waals surface area contributed by atoms with Crippen LogP contribution >= 0.6 is 15.9 Å². The molecular weight excluding hydrogens is 401 g/mol. The molecule has 0 atom stereocenters. The van der Waals surface area contributed by atoms with Crippen molar-refractivity contribution in [2.24, 2.45) is 0 Å². The minimum absolute atomic E-state index is 0.179. The van der Waals surface area contributed by atoms with E-state index < -0.39 is 23.4 Å². The summed E-state index contributed by atoms with van der Waals surface area (Å²) in [6.45, 7) is 0.482. The molecule has 0 bridgehead atoms. The Bertz CT molecular complexity index is 776. The van der Waals surface area contributed by atoms with Crippen LogP contribution in [0.4, 0.5) is 13.2 Å². The summed E-state index contributed by atoms with van der Waals surface area (Å²) in [4.78, 5) is 23.6. The van der Waals surface area contributed by atoms with Crippen molar-refractivity contribution < 1.29 is 22.8 Å². The third kappa shape index (κ3) is 5.32. The zero-order valence-electron chi connectivity index (χ0n) is 12.9. The molecule has 0 unspecified atom stereocenters. The van der Waals surface area contributed by atoms with E-state index in [4.69, 9.17) is 0 Å². The van der Waals surface area contributed by atoms with Gasteiger partial charge in [-0.25, -0.2) is 13.2 Å². The van der Waals surface area contributed by atoms with Gasteiger partial charge in [-0.3, -0.25) is 9.59 Å². The quantitative estimate of drug-likeness (QED) is 0.561. The van der Waals surface area contributed by atoms with Gasteiger partial charge in [-0.05, 0) is 36.8 Å². The number of nitrogens with one attached hydrogen (secondary N) is 2. The lowest BCUT2D eigenvalue weighted by molar-refractivity contribution is 0.0951. The first-order chi connectivity index (χ1) is 11.9. The van der Waals surface area contributed by atoms with Crippen LogP contribution in [0, 0.1) is 17.5 Å². The second-order valence-electron chi connectivity index (χ2n) is 5.13. The molecule has 25 heavy (non-hydrogen) atoms. The Morgan fingerprint density at radius 2 is 1.44 bits per heavy atom. The van der Waals surface area contributed by atoms with E-state index in [0.717, 1.165) is 4.47 Å². The number of halogens is 4. The number of carbonyl (C=O) groups is 2. The van der Waals surface area contributed by atoms with Gasteiger partial charge in [-0.2, -0.15) is 0 Å². The standard InChI is InChI=1S/C17H14BrF3N2O2/c18-12-4-1-3-10(7-12)16(24)22-5-2-6-23-17(25)11-8-13(19)15(21)14(20)9-11/h1,3-4,7-9H,2,5-6H2,(H,22,24)(H,23,25). The summed E-state index contributed by atoms with van der Waals surface area (Å²) in [5.41, 5.74) is 0.185. The van der Waals surface area contributed by atoms with E-state index in [1.807, 2.05) is 0 Å². The van der Waals surface area contributed by atoms with Gasteiger partial charge in [0.1, 0.15) is 0 Å². The van der Waals surface area contributed by atoms with Crippen molar-refractivity contribution in [2.45, 2.75) is 6.42 Å². The lowest BCUT2D eigenvalue weighted by atomic mass is 10.2. The Morgan fingerprint density at radius 1 is 0.880 bits per heavy atom. The maximum atomic E-state index is 13.1. The van der Waals surface area contributed by atoms with E-state index in [-0.39, 0.29) is 18.0 Å². The zero-order chi connectivity index (χ0) is 18.4. The number of amides is 2. The average molecular weight is 415 g/mol. The molecule has 4 nitrogen and oxygen atoms in total. The molecule has 0 aliphatic heterocycles. The second-order valence-corrected chi connectivity index (χ2v) is 6.05. The Labute approximate surface area is 150 Å². The molecule has 0 fully saturated rings. The highest BCUT2D eigenvalue weighted by molar-refractivity contribution is 9.10. The van der Waals surface area contributed by atoms with Gasteiger partial charge in [-0.15, -0.1) is 0 Å². The molecule has 0 heterocycles. The maximum Gasteiger partial charge on any atom is 0.251 e. The first-order valence-corrected chi connectivity index (χ1v) is 8.14. The smallest absolute Gasteiger partial charge is 0.251 e. The molecule has 8 heteroatoms. The lowest BCUT2D eigenvalue weighted by Crippen LogP contribution is -2.30. The van der Waals surface area contributed by atoms with Crippen LogP contribution in [0.5, 0.6) is 0 Å². The summed E-state index contributed by atoms with van der Waals surface area (Å²) in [5.74, 6) is -5.45. The van der Waals surface area contributed by atoms with Gasteiger partial charge in [0.05, 0.1) is 0 Å². The first kappa shape index (κ1) is 19.0. The number of benzene rings is 2. The van der Waals surface area contributed by atoms with E-state index in [1.165, 1.54) is 0 Å². The van der Waals surface area contributed by atoms with E-state index in [2.05, 4.69) is 26.6 Å². The van der Waals surface area contributed by atoms with Crippen LogP contribution in [0.15, 0.2) is 40.9 Å². The molecule has 2 aromatic carbocycles. The van der Waals surface area contributed by atoms with Crippen molar-refractivity contribution >= 4 is 27.7 Å². The van der Waals surface area contributed by atoms with E-state index >= 15 is 0 Å². The fourth-order valence-electron chi connectivity index (χ4n) is 2.01. The van der Waals surface area contributed by atoms with Crippen LogP contribution in [-0.4, -0.2) is 24.9 Å². The fraction of sp³-hybridized carbons (Fsp3) is 0.176. The minimum Gasteiger partial charge on any atom is -0.352 e. The first-order valence-electron chi connectivity index (χ1n) is 7.35. The van der Waals surface area contributed by atoms with Gasteiger partial charge < -0.3 is 10.6 Å². The lowest BCUT2D eigenvalue weighted by Gasteiger charge is -2.08. The monoisotopic (exact) mass is 414 g/mol. The van der Waals surface area contributed by atoms with Gasteiger partial charge >= 0.3 is 0 Å². The predicted octanol–water partition coefficient (Wildman–Crippen LogP) is 3.42. The van der Waals surface area contributed by atoms with Gasteiger partial charge in [0.15, 0.2) is 17.5 Å². The number of hydrogen-bond acceptors (Lipinski definition) is 2. The largest absolute Gasteiger partial charge is 0.352 e. The molecular formula is C17H14BrF3N2O2. The molecule has 132 valence electrons. The molecule has 2 amide bonds. The van der Waals surface area contributed by atoms with Crippen molar-refractivity contribution in [1.29, 1.82) is 0 Å². The van der Waals surface area contributed by atoms with Crippen LogP contribution in [0.25, 0.3) is 0 Å². The van der Waals surface area contributed by atoms with Crippen molar-refractivity contribution in [3.63, 3.8) is 0 Å². The SMILES string of the molecule is O=C(NCCCNC(=O)c1cc(F)c(F)c(F)c1)c1cccc(Br)c1. The Morgan fingerprint density at radius 3 is 2.00 bits per heavy atom. The van der Waals surface area contributed by atoms with Gasteiger partial charge in [-0.1, -0.05) is 22.0 Å². The van der Waals surface area contributed by atoms with Gasteiger partial charge in [0.25, 0.3) is 11.8 Å². The average Bonchev–Trinajstić information content (AvgIpc) is 2.58. The predicted molar refractivity (Wildman–Crippen MR) is 89.7 cm³/mol. The highest BCUT2D eigenvalue weighted by atomic mass is 79.9. The molecule has 2 aromatic rings. The zero-order valence-corrected chi connectivity index (χ0v) is 14.5. The van der Waals surface area contributed by atoms with Crippen LogP contribution < -0.4 is 10.6 Å². The molecule has 0 radical (unpaired) electrons. The van der Waals surface area contributed by atoms with Crippen LogP contribution in [0.3, 0.4) is 0 Å². The summed E-state index contributed by atoms with van der Waals surface area (Å²) in [6, 6.07) is 8.13. The molecule has 2 N–H and O–H groups in total. The summed E-state index contributed by atoms with van der Waals surface area (Å²) in [7, 11) is 0. The molecule has 0 aliphatic carbocycles. The molecule has 0 aliphatic rings. The van der Waals surface area contributed by atoms with Crippen LogP contribution in [0.2, 0.25) is 0 Å². The maximum absolute atomic E-state index is 13.1. The van der Waals surface area contributed by atoms with Gasteiger partial charge in [0, 0.05) is 28.7 Å². The number of carbonyl (C=O) groups excluding carboxylic acids is 2. The molecule has 0 aromatic heterocycles. The number of rotatable bonds is 6. The molecule has 0 saturated heterocycles. The Kier molecular flexibility index (Phi) is 6.58. The van der Waals surface area contributed by atoms with Crippen LogP contribution in [-0.2, 0) is 0 Å². The highest BCUT2D eigenvalue weighted by Gasteiger charge is 2.14.